The van der Waals surface area contributed by atoms with Crippen LogP contribution in [0.2, 0.25) is 0 Å². The zero-order chi connectivity index (χ0) is 10.9. The Bertz CT molecular complexity index is 330. The van der Waals surface area contributed by atoms with Crippen molar-refractivity contribution in [2.24, 2.45) is 5.41 Å². The number of hydrogen-bond acceptors (Lipinski definition) is 4. The summed E-state index contributed by atoms with van der Waals surface area (Å²) in [6.07, 6.45) is 3.52. The van der Waals surface area contributed by atoms with Gasteiger partial charge < -0.3 is 9.84 Å². The van der Waals surface area contributed by atoms with Crippen LogP contribution in [0.25, 0.3) is 0 Å². The van der Waals surface area contributed by atoms with Gasteiger partial charge in [0, 0.05) is 19.0 Å². The summed E-state index contributed by atoms with van der Waals surface area (Å²) in [5.74, 6) is 1.44. The standard InChI is InChI=1S/C11H19N3O/c1-8(11(3)5-6-11)12-7-4-10-13-9(2)14-15-10/h8,12H,4-7H2,1-3H3. The van der Waals surface area contributed by atoms with Crippen LogP contribution in [-0.4, -0.2) is 22.7 Å². The van der Waals surface area contributed by atoms with E-state index in [2.05, 4.69) is 29.3 Å². The lowest BCUT2D eigenvalue weighted by molar-refractivity contribution is 0.351. The lowest BCUT2D eigenvalue weighted by Gasteiger charge is -2.19. The average molecular weight is 209 g/mol. The van der Waals surface area contributed by atoms with E-state index in [0.29, 0.717) is 17.3 Å². The van der Waals surface area contributed by atoms with E-state index in [-0.39, 0.29) is 0 Å². The van der Waals surface area contributed by atoms with Crippen LogP contribution < -0.4 is 5.32 Å². The second kappa shape index (κ2) is 3.93. The minimum Gasteiger partial charge on any atom is -0.339 e. The first-order valence-corrected chi connectivity index (χ1v) is 5.63. The molecule has 15 heavy (non-hydrogen) atoms. The summed E-state index contributed by atoms with van der Waals surface area (Å²) in [6.45, 7) is 7.35. The molecule has 0 saturated heterocycles. The maximum atomic E-state index is 5.05. The molecule has 84 valence electrons. The van der Waals surface area contributed by atoms with Crippen molar-refractivity contribution >= 4 is 0 Å². The van der Waals surface area contributed by atoms with Crippen LogP contribution in [0.4, 0.5) is 0 Å². The number of nitrogens with one attached hydrogen (secondary N) is 1. The summed E-state index contributed by atoms with van der Waals surface area (Å²) in [6, 6.07) is 0.585. The molecule has 1 aromatic heterocycles. The van der Waals surface area contributed by atoms with Crippen molar-refractivity contribution in [2.45, 2.75) is 46.1 Å². The fourth-order valence-corrected chi connectivity index (χ4v) is 1.71. The maximum Gasteiger partial charge on any atom is 0.227 e. The minimum absolute atomic E-state index is 0.532. The molecule has 1 aromatic rings. The van der Waals surface area contributed by atoms with Crippen molar-refractivity contribution in [3.63, 3.8) is 0 Å². The highest BCUT2D eigenvalue weighted by Gasteiger charge is 2.41. The van der Waals surface area contributed by atoms with Crippen LogP contribution in [0.15, 0.2) is 4.52 Å². The Hall–Kier alpha value is -0.900. The number of hydrogen-bond donors (Lipinski definition) is 1. The molecule has 1 unspecified atom stereocenters. The van der Waals surface area contributed by atoms with Crippen molar-refractivity contribution in [3.8, 4) is 0 Å². The van der Waals surface area contributed by atoms with Crippen LogP contribution in [0.3, 0.4) is 0 Å². The molecule has 0 aromatic carbocycles. The van der Waals surface area contributed by atoms with E-state index in [1.807, 2.05) is 6.92 Å². The number of nitrogens with zero attached hydrogens (tertiary/aromatic N) is 2. The molecular formula is C11H19N3O. The Kier molecular flexibility index (Phi) is 2.78. The van der Waals surface area contributed by atoms with Gasteiger partial charge in [0.2, 0.25) is 5.89 Å². The molecule has 1 aliphatic rings. The Labute approximate surface area is 90.4 Å². The van der Waals surface area contributed by atoms with Gasteiger partial charge in [-0.3, -0.25) is 0 Å². The second-order valence-corrected chi connectivity index (χ2v) is 4.82. The highest BCUT2D eigenvalue weighted by Crippen LogP contribution is 2.47. The first kappa shape index (κ1) is 10.6. The van der Waals surface area contributed by atoms with Gasteiger partial charge in [0.05, 0.1) is 0 Å². The van der Waals surface area contributed by atoms with Crippen LogP contribution in [-0.2, 0) is 6.42 Å². The molecule has 1 saturated carbocycles. The zero-order valence-corrected chi connectivity index (χ0v) is 9.71. The van der Waals surface area contributed by atoms with E-state index in [9.17, 15) is 0 Å². The third-order valence-electron chi connectivity index (χ3n) is 3.44. The van der Waals surface area contributed by atoms with E-state index < -0.39 is 0 Å². The summed E-state index contributed by atoms with van der Waals surface area (Å²) in [5.41, 5.74) is 0.532. The largest absolute Gasteiger partial charge is 0.339 e. The minimum atomic E-state index is 0.532. The van der Waals surface area contributed by atoms with Crippen LogP contribution in [0.5, 0.6) is 0 Å². The fraction of sp³-hybridized carbons (Fsp3) is 0.818. The van der Waals surface area contributed by atoms with Crippen LogP contribution in [0, 0.1) is 12.3 Å². The Balaban J connectivity index is 1.71. The normalized spacial score (nSPS) is 20.2. The molecule has 0 aliphatic heterocycles. The Morgan fingerprint density at radius 2 is 2.27 bits per heavy atom. The van der Waals surface area contributed by atoms with Crippen molar-refractivity contribution in [1.82, 2.24) is 15.5 Å². The quantitative estimate of drug-likeness (QED) is 0.802. The van der Waals surface area contributed by atoms with Crippen molar-refractivity contribution in [2.75, 3.05) is 6.54 Å². The van der Waals surface area contributed by atoms with Gasteiger partial charge in [0.1, 0.15) is 0 Å². The SMILES string of the molecule is Cc1noc(CCNC(C)C2(C)CC2)n1. The van der Waals surface area contributed by atoms with Crippen molar-refractivity contribution in [3.05, 3.63) is 11.7 Å². The molecule has 0 amide bonds. The van der Waals surface area contributed by atoms with Gasteiger partial charge in [-0.05, 0) is 32.1 Å². The monoisotopic (exact) mass is 209 g/mol. The molecule has 0 bridgehead atoms. The van der Waals surface area contributed by atoms with E-state index in [1.165, 1.54) is 12.8 Å². The molecule has 0 spiro atoms. The van der Waals surface area contributed by atoms with E-state index >= 15 is 0 Å². The second-order valence-electron chi connectivity index (χ2n) is 4.82. The van der Waals surface area contributed by atoms with Crippen LogP contribution >= 0.6 is 0 Å². The molecule has 4 heteroatoms. The molecule has 1 aliphatic carbocycles. The molecular weight excluding hydrogens is 190 g/mol. The molecule has 0 radical (unpaired) electrons. The molecule has 1 atom stereocenters. The van der Waals surface area contributed by atoms with Crippen LogP contribution in [0.1, 0.15) is 38.4 Å². The third kappa shape index (κ3) is 2.56. The maximum absolute atomic E-state index is 5.05. The summed E-state index contributed by atoms with van der Waals surface area (Å²) < 4.78 is 5.05. The molecule has 1 fully saturated rings. The van der Waals surface area contributed by atoms with Gasteiger partial charge in [0.15, 0.2) is 5.82 Å². The molecule has 4 nitrogen and oxygen atoms in total. The lowest BCUT2D eigenvalue weighted by atomic mass is 10.0. The first-order chi connectivity index (χ1) is 7.10. The summed E-state index contributed by atoms with van der Waals surface area (Å²) in [4.78, 5) is 4.17. The van der Waals surface area contributed by atoms with Gasteiger partial charge in [-0.25, -0.2) is 0 Å². The smallest absolute Gasteiger partial charge is 0.227 e. The average Bonchev–Trinajstić information content (AvgIpc) is 2.81. The number of aromatic nitrogens is 2. The summed E-state index contributed by atoms with van der Waals surface area (Å²) in [5, 5.41) is 7.28. The molecule has 1 heterocycles. The molecule has 1 N–H and O–H groups in total. The lowest BCUT2D eigenvalue weighted by Crippen LogP contribution is -2.34. The number of aryl methyl sites for hydroxylation is 1. The first-order valence-electron chi connectivity index (χ1n) is 5.63. The number of rotatable bonds is 5. The zero-order valence-electron chi connectivity index (χ0n) is 9.71. The van der Waals surface area contributed by atoms with Gasteiger partial charge in [0.25, 0.3) is 0 Å². The third-order valence-corrected chi connectivity index (χ3v) is 3.44. The Morgan fingerprint density at radius 1 is 1.53 bits per heavy atom. The highest BCUT2D eigenvalue weighted by atomic mass is 16.5. The predicted octanol–water partition coefficient (Wildman–Crippen LogP) is 1.70. The van der Waals surface area contributed by atoms with Gasteiger partial charge in [-0.15, -0.1) is 0 Å². The van der Waals surface area contributed by atoms with Gasteiger partial charge in [-0.2, -0.15) is 4.98 Å². The van der Waals surface area contributed by atoms with E-state index in [0.717, 1.165) is 18.9 Å². The van der Waals surface area contributed by atoms with Gasteiger partial charge >= 0.3 is 0 Å². The highest BCUT2D eigenvalue weighted by molar-refractivity contribution is 4.96. The fourth-order valence-electron chi connectivity index (χ4n) is 1.71. The summed E-state index contributed by atoms with van der Waals surface area (Å²) in [7, 11) is 0. The van der Waals surface area contributed by atoms with E-state index in [1.54, 1.807) is 0 Å². The topological polar surface area (TPSA) is 51.0 Å². The van der Waals surface area contributed by atoms with Gasteiger partial charge in [-0.1, -0.05) is 12.1 Å². The van der Waals surface area contributed by atoms with Crippen molar-refractivity contribution < 1.29 is 4.52 Å². The summed E-state index contributed by atoms with van der Waals surface area (Å²) >= 11 is 0. The van der Waals surface area contributed by atoms with Crippen molar-refractivity contribution in [1.29, 1.82) is 0 Å². The molecule has 2 rings (SSSR count). The predicted molar refractivity (Wildman–Crippen MR) is 57.5 cm³/mol. The van der Waals surface area contributed by atoms with E-state index in [4.69, 9.17) is 4.52 Å². The Morgan fingerprint density at radius 3 is 2.80 bits per heavy atom.